The van der Waals surface area contributed by atoms with Gasteiger partial charge in [0, 0.05) is 24.1 Å². The molecule has 0 fully saturated rings. The Morgan fingerprint density at radius 3 is 2.59 bits per heavy atom. The number of carbonyl (C=O) groups excluding carboxylic acids is 2. The van der Waals surface area contributed by atoms with Crippen LogP contribution < -0.4 is 4.74 Å². The molecular formula is C18H15NO3. The molecule has 0 aliphatic carbocycles. The van der Waals surface area contributed by atoms with Crippen LogP contribution in [0.1, 0.15) is 27.6 Å². The quantitative estimate of drug-likeness (QED) is 0.689. The Morgan fingerprint density at radius 1 is 1.14 bits per heavy atom. The van der Waals surface area contributed by atoms with E-state index >= 15 is 0 Å². The summed E-state index contributed by atoms with van der Waals surface area (Å²) in [4.78, 5) is 22.9. The van der Waals surface area contributed by atoms with E-state index in [1.807, 2.05) is 30.3 Å². The van der Waals surface area contributed by atoms with Crippen LogP contribution in [0.5, 0.6) is 5.75 Å². The zero-order valence-corrected chi connectivity index (χ0v) is 12.2. The molecule has 1 aromatic heterocycles. The highest BCUT2D eigenvalue weighted by Gasteiger charge is 2.13. The van der Waals surface area contributed by atoms with Gasteiger partial charge in [-0.15, -0.1) is 0 Å². The number of nitrogens with zero attached hydrogens (tertiary/aromatic N) is 1. The molecule has 0 atom stereocenters. The molecule has 4 heteroatoms. The number of aldehydes is 1. The normalized spacial score (nSPS) is 10.6. The molecule has 0 aliphatic heterocycles. The number of rotatable bonds is 4. The molecule has 3 rings (SSSR count). The van der Waals surface area contributed by atoms with Crippen LogP contribution in [0.25, 0.3) is 10.9 Å². The van der Waals surface area contributed by atoms with Gasteiger partial charge in [-0.1, -0.05) is 30.3 Å². The first-order valence-corrected chi connectivity index (χ1v) is 6.97. The van der Waals surface area contributed by atoms with Crippen molar-refractivity contribution in [2.45, 2.75) is 13.5 Å². The number of ether oxygens (including phenoxy) is 1. The fourth-order valence-corrected chi connectivity index (χ4v) is 2.47. The minimum Gasteiger partial charge on any atom is -0.487 e. The van der Waals surface area contributed by atoms with Gasteiger partial charge in [0.1, 0.15) is 12.4 Å². The van der Waals surface area contributed by atoms with E-state index in [9.17, 15) is 9.59 Å². The molecule has 4 nitrogen and oxygen atoms in total. The first kappa shape index (κ1) is 14.1. The van der Waals surface area contributed by atoms with Crippen molar-refractivity contribution in [1.82, 2.24) is 4.57 Å². The van der Waals surface area contributed by atoms with E-state index < -0.39 is 0 Å². The summed E-state index contributed by atoms with van der Waals surface area (Å²) in [7, 11) is 0. The maximum atomic E-state index is 11.8. The lowest BCUT2D eigenvalue weighted by Gasteiger charge is -2.10. The molecule has 110 valence electrons. The molecule has 0 aliphatic rings. The van der Waals surface area contributed by atoms with Gasteiger partial charge in [0.25, 0.3) is 0 Å². The van der Waals surface area contributed by atoms with Crippen molar-refractivity contribution in [1.29, 1.82) is 0 Å². The summed E-state index contributed by atoms with van der Waals surface area (Å²) in [6.45, 7) is 1.88. The third-order valence-corrected chi connectivity index (χ3v) is 3.55. The molecule has 1 heterocycles. The lowest BCUT2D eigenvalue weighted by molar-refractivity contribution is 0.0940. The van der Waals surface area contributed by atoms with Gasteiger partial charge in [-0.25, -0.2) is 0 Å². The van der Waals surface area contributed by atoms with Gasteiger partial charge in [-0.2, -0.15) is 0 Å². The van der Waals surface area contributed by atoms with E-state index in [0.29, 0.717) is 23.4 Å². The minimum absolute atomic E-state index is 0.123. The van der Waals surface area contributed by atoms with Gasteiger partial charge >= 0.3 is 0 Å². The van der Waals surface area contributed by atoms with Crippen LogP contribution in [0.4, 0.5) is 0 Å². The van der Waals surface area contributed by atoms with Crippen molar-refractivity contribution in [3.05, 3.63) is 65.9 Å². The van der Waals surface area contributed by atoms with E-state index in [1.54, 1.807) is 24.4 Å². The van der Waals surface area contributed by atoms with E-state index in [1.165, 1.54) is 11.5 Å². The Balaban J connectivity index is 2.03. The van der Waals surface area contributed by atoms with E-state index in [0.717, 1.165) is 17.2 Å². The summed E-state index contributed by atoms with van der Waals surface area (Å²) in [5, 5.41) is 0.718. The third kappa shape index (κ3) is 2.51. The number of aromatic nitrogens is 1. The molecule has 3 aromatic rings. The summed E-state index contributed by atoms with van der Waals surface area (Å²) in [5.74, 6) is 0.465. The number of fused-ring (bicyclic) bond motifs is 1. The average molecular weight is 293 g/mol. The summed E-state index contributed by atoms with van der Waals surface area (Å²) < 4.78 is 7.37. The summed E-state index contributed by atoms with van der Waals surface area (Å²) in [6, 6.07) is 15.0. The van der Waals surface area contributed by atoms with Gasteiger partial charge in [0.15, 0.2) is 6.29 Å². The Morgan fingerprint density at radius 2 is 1.91 bits per heavy atom. The highest BCUT2D eigenvalue weighted by atomic mass is 16.5. The molecule has 0 unspecified atom stereocenters. The number of hydrogen-bond donors (Lipinski definition) is 0. The maximum absolute atomic E-state index is 11.8. The monoisotopic (exact) mass is 293 g/mol. The van der Waals surface area contributed by atoms with Crippen molar-refractivity contribution in [3.8, 4) is 5.75 Å². The average Bonchev–Trinajstić information content (AvgIpc) is 2.99. The van der Waals surface area contributed by atoms with Crippen molar-refractivity contribution < 1.29 is 14.3 Å². The van der Waals surface area contributed by atoms with Crippen LogP contribution in [0.3, 0.4) is 0 Å². The van der Waals surface area contributed by atoms with E-state index in [4.69, 9.17) is 4.74 Å². The van der Waals surface area contributed by atoms with Crippen LogP contribution in [-0.4, -0.2) is 16.8 Å². The van der Waals surface area contributed by atoms with Crippen molar-refractivity contribution >= 4 is 23.1 Å². The highest BCUT2D eigenvalue weighted by molar-refractivity contribution is 6.03. The molecule has 0 radical (unpaired) electrons. The number of carbonyl (C=O) groups is 2. The smallest absolute Gasteiger partial charge is 0.228 e. The maximum Gasteiger partial charge on any atom is 0.228 e. The SMILES string of the molecule is CC(=O)n1ccc2c(C=O)ccc(OCc3ccccc3)c21. The molecule has 0 amide bonds. The standard InChI is InChI=1S/C18H15NO3/c1-13(21)19-10-9-16-15(11-20)7-8-17(18(16)19)22-12-14-5-3-2-4-6-14/h2-11H,12H2,1H3. The summed E-state index contributed by atoms with van der Waals surface area (Å²) in [5.41, 5.74) is 2.21. The van der Waals surface area contributed by atoms with Crippen molar-refractivity contribution in [2.24, 2.45) is 0 Å². The molecular weight excluding hydrogens is 278 g/mol. The van der Waals surface area contributed by atoms with E-state index in [-0.39, 0.29) is 5.91 Å². The molecule has 0 N–H and O–H groups in total. The van der Waals surface area contributed by atoms with Crippen LogP contribution >= 0.6 is 0 Å². The Labute approximate surface area is 127 Å². The Hall–Kier alpha value is -2.88. The lowest BCUT2D eigenvalue weighted by atomic mass is 10.1. The zero-order valence-electron chi connectivity index (χ0n) is 12.2. The van der Waals surface area contributed by atoms with Gasteiger partial charge in [0.05, 0.1) is 5.52 Å². The Bertz CT molecular complexity index is 834. The summed E-state index contributed by atoms with van der Waals surface area (Å²) in [6.07, 6.45) is 2.45. The second-order valence-electron chi connectivity index (χ2n) is 5.01. The van der Waals surface area contributed by atoms with Crippen LogP contribution in [-0.2, 0) is 6.61 Å². The van der Waals surface area contributed by atoms with Gasteiger partial charge in [0.2, 0.25) is 5.91 Å². The van der Waals surface area contributed by atoms with Crippen LogP contribution in [0.15, 0.2) is 54.7 Å². The van der Waals surface area contributed by atoms with Crippen molar-refractivity contribution in [3.63, 3.8) is 0 Å². The summed E-state index contributed by atoms with van der Waals surface area (Å²) >= 11 is 0. The molecule has 22 heavy (non-hydrogen) atoms. The van der Waals surface area contributed by atoms with Crippen LogP contribution in [0.2, 0.25) is 0 Å². The molecule has 0 bridgehead atoms. The van der Waals surface area contributed by atoms with Gasteiger partial charge < -0.3 is 4.74 Å². The molecule has 0 spiro atoms. The highest BCUT2D eigenvalue weighted by Crippen LogP contribution is 2.29. The predicted molar refractivity (Wildman–Crippen MR) is 84.4 cm³/mol. The van der Waals surface area contributed by atoms with Crippen molar-refractivity contribution in [2.75, 3.05) is 0 Å². The largest absolute Gasteiger partial charge is 0.487 e. The number of benzene rings is 2. The number of hydrogen-bond acceptors (Lipinski definition) is 3. The second kappa shape index (κ2) is 5.85. The Kier molecular flexibility index (Phi) is 3.74. The third-order valence-electron chi connectivity index (χ3n) is 3.55. The molecule has 0 saturated carbocycles. The van der Waals surface area contributed by atoms with Gasteiger partial charge in [-0.05, 0) is 23.8 Å². The zero-order chi connectivity index (χ0) is 15.5. The minimum atomic E-state index is -0.123. The fraction of sp³-hybridized carbons (Fsp3) is 0.111. The first-order valence-electron chi connectivity index (χ1n) is 6.97. The second-order valence-corrected chi connectivity index (χ2v) is 5.01. The van der Waals surface area contributed by atoms with Crippen LogP contribution in [0, 0.1) is 0 Å². The van der Waals surface area contributed by atoms with E-state index in [2.05, 4.69) is 0 Å². The molecule has 2 aromatic carbocycles. The molecule has 0 saturated heterocycles. The predicted octanol–water partition coefficient (Wildman–Crippen LogP) is 3.69. The lowest BCUT2D eigenvalue weighted by Crippen LogP contribution is -2.05. The topological polar surface area (TPSA) is 48.3 Å². The van der Waals surface area contributed by atoms with Gasteiger partial charge in [-0.3, -0.25) is 14.2 Å². The first-order chi connectivity index (χ1) is 10.7. The fourth-order valence-electron chi connectivity index (χ4n) is 2.47.